The maximum Gasteiger partial charge on any atom is 0.270 e. The molecule has 1 aromatic heterocycles. The average molecular weight is 333 g/mol. The largest absolute Gasteiger partial charge is 0.492 e. The Balaban J connectivity index is 1.44. The van der Waals surface area contributed by atoms with Gasteiger partial charge in [0.25, 0.3) is 5.91 Å². The van der Waals surface area contributed by atoms with Crippen molar-refractivity contribution in [1.29, 1.82) is 0 Å². The molecule has 7 heteroatoms. The topological polar surface area (TPSA) is 63.7 Å². The Bertz CT molecular complexity index is 627. The van der Waals surface area contributed by atoms with Gasteiger partial charge in [0, 0.05) is 18.5 Å². The van der Waals surface area contributed by atoms with Crippen molar-refractivity contribution in [2.75, 3.05) is 44.4 Å². The number of carbonyl (C=O) groups excluding carboxylic acids is 1. The average Bonchev–Trinajstić information content (AvgIpc) is 3.10. The van der Waals surface area contributed by atoms with E-state index in [-0.39, 0.29) is 5.91 Å². The molecule has 0 radical (unpaired) electrons. The van der Waals surface area contributed by atoms with Crippen LogP contribution in [0.3, 0.4) is 0 Å². The van der Waals surface area contributed by atoms with Gasteiger partial charge in [-0.3, -0.25) is 4.79 Å². The zero-order valence-electron chi connectivity index (χ0n) is 12.7. The van der Waals surface area contributed by atoms with Gasteiger partial charge in [0.15, 0.2) is 5.13 Å². The molecule has 6 nitrogen and oxygen atoms in total. The monoisotopic (exact) mass is 333 g/mol. The molecule has 1 aliphatic rings. The van der Waals surface area contributed by atoms with Gasteiger partial charge < -0.3 is 19.7 Å². The van der Waals surface area contributed by atoms with E-state index in [0.717, 1.165) is 24.0 Å². The third kappa shape index (κ3) is 4.43. The lowest BCUT2D eigenvalue weighted by atomic mass is 10.3. The van der Waals surface area contributed by atoms with Crippen LogP contribution in [-0.2, 0) is 4.74 Å². The van der Waals surface area contributed by atoms with E-state index >= 15 is 0 Å². The molecule has 1 fully saturated rings. The minimum absolute atomic E-state index is 0.169. The molecule has 0 atom stereocenters. The number of ether oxygens (including phenoxy) is 2. The van der Waals surface area contributed by atoms with E-state index in [9.17, 15) is 4.79 Å². The molecule has 2 heterocycles. The van der Waals surface area contributed by atoms with E-state index in [4.69, 9.17) is 9.47 Å². The van der Waals surface area contributed by atoms with Crippen molar-refractivity contribution in [2.45, 2.75) is 0 Å². The summed E-state index contributed by atoms with van der Waals surface area (Å²) < 4.78 is 10.9. The SMILES string of the molecule is O=C(NCCOc1ccccc1)c1csc(N2CCOCC2)n1. The van der Waals surface area contributed by atoms with Crippen molar-refractivity contribution in [1.82, 2.24) is 10.3 Å². The maximum atomic E-state index is 12.1. The van der Waals surface area contributed by atoms with Crippen LogP contribution in [0.5, 0.6) is 5.75 Å². The summed E-state index contributed by atoms with van der Waals surface area (Å²) in [6.07, 6.45) is 0. The molecule has 0 aliphatic carbocycles. The molecular weight excluding hydrogens is 314 g/mol. The fourth-order valence-corrected chi connectivity index (χ4v) is 3.07. The van der Waals surface area contributed by atoms with Crippen LogP contribution in [0, 0.1) is 0 Å². The van der Waals surface area contributed by atoms with Crippen molar-refractivity contribution in [3.8, 4) is 5.75 Å². The number of hydrogen-bond acceptors (Lipinski definition) is 6. The van der Waals surface area contributed by atoms with Gasteiger partial charge in [0.1, 0.15) is 18.1 Å². The first-order valence-corrected chi connectivity index (χ1v) is 8.45. The minimum Gasteiger partial charge on any atom is -0.492 e. The first kappa shape index (κ1) is 15.8. The maximum absolute atomic E-state index is 12.1. The van der Waals surface area contributed by atoms with Crippen LogP contribution in [0.15, 0.2) is 35.7 Å². The number of hydrogen-bond donors (Lipinski definition) is 1. The number of morpholine rings is 1. The Labute approximate surface area is 139 Å². The number of nitrogens with zero attached hydrogens (tertiary/aromatic N) is 2. The van der Waals surface area contributed by atoms with E-state index < -0.39 is 0 Å². The number of amides is 1. The summed E-state index contributed by atoms with van der Waals surface area (Å²) >= 11 is 1.49. The summed E-state index contributed by atoms with van der Waals surface area (Å²) in [4.78, 5) is 18.6. The van der Waals surface area contributed by atoms with Crippen LogP contribution < -0.4 is 15.0 Å². The van der Waals surface area contributed by atoms with Crippen molar-refractivity contribution in [3.05, 3.63) is 41.4 Å². The molecule has 0 unspecified atom stereocenters. The summed E-state index contributed by atoms with van der Waals surface area (Å²) in [6.45, 7) is 3.92. The van der Waals surface area contributed by atoms with Gasteiger partial charge in [-0.05, 0) is 12.1 Å². The lowest BCUT2D eigenvalue weighted by Crippen LogP contribution is -2.36. The Morgan fingerprint density at radius 2 is 2.09 bits per heavy atom. The number of thiazole rings is 1. The normalized spacial score (nSPS) is 14.5. The lowest BCUT2D eigenvalue weighted by Gasteiger charge is -2.25. The Kier molecular flexibility index (Phi) is 5.44. The van der Waals surface area contributed by atoms with Crippen molar-refractivity contribution >= 4 is 22.4 Å². The van der Waals surface area contributed by atoms with Crippen LogP contribution >= 0.6 is 11.3 Å². The molecule has 1 N–H and O–H groups in total. The van der Waals surface area contributed by atoms with E-state index in [1.54, 1.807) is 5.38 Å². The second kappa shape index (κ2) is 7.94. The number of para-hydroxylation sites is 1. The van der Waals surface area contributed by atoms with Crippen molar-refractivity contribution in [2.24, 2.45) is 0 Å². The third-order valence-corrected chi connectivity index (χ3v) is 4.31. The first-order valence-electron chi connectivity index (χ1n) is 7.57. The number of nitrogens with one attached hydrogen (secondary N) is 1. The summed E-state index contributed by atoms with van der Waals surface area (Å²) in [7, 11) is 0. The van der Waals surface area contributed by atoms with Crippen LogP contribution in [0.25, 0.3) is 0 Å². The Hall–Kier alpha value is -2.12. The highest BCUT2D eigenvalue weighted by atomic mass is 32.1. The first-order chi connectivity index (χ1) is 11.3. The molecule has 122 valence electrons. The summed E-state index contributed by atoms with van der Waals surface area (Å²) in [5.41, 5.74) is 0.455. The fourth-order valence-electron chi connectivity index (χ4n) is 2.21. The molecule has 3 rings (SSSR count). The minimum atomic E-state index is -0.169. The second-order valence-electron chi connectivity index (χ2n) is 5.03. The van der Waals surface area contributed by atoms with Gasteiger partial charge in [0.2, 0.25) is 0 Å². The predicted molar refractivity (Wildman–Crippen MR) is 89.4 cm³/mol. The van der Waals surface area contributed by atoms with Gasteiger partial charge in [-0.1, -0.05) is 18.2 Å². The number of benzene rings is 1. The van der Waals surface area contributed by atoms with Crippen molar-refractivity contribution < 1.29 is 14.3 Å². The van der Waals surface area contributed by atoms with Crippen LogP contribution in [0.1, 0.15) is 10.5 Å². The molecule has 1 amide bonds. The van der Waals surface area contributed by atoms with Gasteiger partial charge >= 0.3 is 0 Å². The van der Waals surface area contributed by atoms with E-state index in [0.29, 0.717) is 32.1 Å². The second-order valence-corrected chi connectivity index (χ2v) is 5.87. The van der Waals surface area contributed by atoms with Crippen LogP contribution in [0.4, 0.5) is 5.13 Å². The summed E-state index contributed by atoms with van der Waals surface area (Å²) in [5.74, 6) is 0.627. The van der Waals surface area contributed by atoms with Gasteiger partial charge in [0.05, 0.1) is 19.8 Å². The zero-order chi connectivity index (χ0) is 15.9. The molecule has 1 aliphatic heterocycles. The molecule has 0 saturated carbocycles. The van der Waals surface area contributed by atoms with E-state index in [2.05, 4.69) is 15.2 Å². The number of anilines is 1. The predicted octanol–water partition coefficient (Wildman–Crippen LogP) is 1.79. The zero-order valence-corrected chi connectivity index (χ0v) is 13.6. The standard InChI is InChI=1S/C16H19N3O3S/c20-15(17-6-9-22-13-4-2-1-3-5-13)14-12-23-16(18-14)19-7-10-21-11-8-19/h1-5,12H,6-11H2,(H,17,20). The van der Waals surface area contributed by atoms with Gasteiger partial charge in [-0.25, -0.2) is 4.98 Å². The molecule has 2 aromatic rings. The smallest absolute Gasteiger partial charge is 0.270 e. The van der Waals surface area contributed by atoms with Crippen LogP contribution in [0.2, 0.25) is 0 Å². The lowest BCUT2D eigenvalue weighted by molar-refractivity contribution is 0.0942. The van der Waals surface area contributed by atoms with E-state index in [1.807, 2.05) is 30.3 Å². The quantitative estimate of drug-likeness (QED) is 0.817. The molecule has 0 bridgehead atoms. The summed E-state index contributed by atoms with van der Waals surface area (Å²) in [5, 5.41) is 5.49. The molecular formula is C16H19N3O3S. The van der Waals surface area contributed by atoms with Crippen LogP contribution in [-0.4, -0.2) is 50.3 Å². The third-order valence-electron chi connectivity index (χ3n) is 3.41. The highest BCUT2D eigenvalue weighted by Crippen LogP contribution is 2.21. The Morgan fingerprint density at radius 1 is 1.30 bits per heavy atom. The number of aromatic nitrogens is 1. The molecule has 1 aromatic carbocycles. The van der Waals surface area contributed by atoms with Gasteiger partial charge in [-0.2, -0.15) is 0 Å². The highest BCUT2D eigenvalue weighted by Gasteiger charge is 2.17. The molecule has 0 spiro atoms. The summed E-state index contributed by atoms with van der Waals surface area (Å²) in [6, 6.07) is 9.53. The Morgan fingerprint density at radius 3 is 2.87 bits per heavy atom. The van der Waals surface area contributed by atoms with Crippen molar-refractivity contribution in [3.63, 3.8) is 0 Å². The fraction of sp³-hybridized carbons (Fsp3) is 0.375. The highest BCUT2D eigenvalue weighted by molar-refractivity contribution is 7.13. The van der Waals surface area contributed by atoms with Gasteiger partial charge in [-0.15, -0.1) is 11.3 Å². The molecule has 23 heavy (non-hydrogen) atoms. The number of rotatable bonds is 6. The molecule has 1 saturated heterocycles. The van der Waals surface area contributed by atoms with E-state index in [1.165, 1.54) is 11.3 Å². The number of carbonyl (C=O) groups is 1.